The maximum atomic E-state index is 8.55. The molecule has 0 aromatic carbocycles. The quantitative estimate of drug-likeness (QED) is 0.276. The summed E-state index contributed by atoms with van der Waals surface area (Å²) in [7, 11) is -10.8. The van der Waals surface area contributed by atoms with Gasteiger partial charge < -0.3 is 38.5 Å². The number of phosphoric acid groups is 2. The molecule has 0 saturated carbocycles. The van der Waals surface area contributed by atoms with Crippen LogP contribution in [0.4, 0.5) is 0 Å². The van der Waals surface area contributed by atoms with Gasteiger partial charge in [-0.3, -0.25) is 0 Å². The normalized spacial score (nSPS) is 9.83. The first kappa shape index (κ1) is 23.3. The maximum absolute atomic E-state index is 8.55. The fourth-order valence-electron chi connectivity index (χ4n) is 0. The third kappa shape index (κ3) is 619. The number of hydrogen-bond donors (Lipinski definition) is 0. The van der Waals surface area contributed by atoms with Crippen LogP contribution in [-0.2, 0) is 9.13 Å². The third-order valence-corrected chi connectivity index (χ3v) is 0. The number of hydrogen-bond acceptors (Lipinski definition) is 8. The second-order valence-corrected chi connectivity index (χ2v) is 2.68. The van der Waals surface area contributed by atoms with Gasteiger partial charge in [-0.05, 0) is 0 Å². The molecule has 12 heavy (non-hydrogen) atoms. The first-order chi connectivity index (χ1) is 4.00. The van der Waals surface area contributed by atoms with E-state index in [1.54, 1.807) is 0 Å². The summed E-state index contributed by atoms with van der Waals surface area (Å²) < 4.78 is 17.1. The van der Waals surface area contributed by atoms with Gasteiger partial charge in [0.2, 0.25) is 0 Å². The zero-order valence-electron chi connectivity index (χ0n) is 6.16. The molecule has 12 heteroatoms. The zero-order chi connectivity index (χ0) is 9.00. The molecule has 0 aromatic heterocycles. The van der Waals surface area contributed by atoms with E-state index in [4.69, 9.17) is 38.5 Å². The molecular formula is Li2O8P2-4. The minimum absolute atomic E-state index is 0. The molecule has 0 aliphatic heterocycles. The summed E-state index contributed by atoms with van der Waals surface area (Å²) in [6.07, 6.45) is 0. The van der Waals surface area contributed by atoms with Crippen LogP contribution in [0.3, 0.4) is 0 Å². The molecule has 0 saturated heterocycles. The van der Waals surface area contributed by atoms with Gasteiger partial charge in [0, 0.05) is 0 Å². The molecule has 0 aliphatic carbocycles. The average molecular weight is 204 g/mol. The summed E-state index contributed by atoms with van der Waals surface area (Å²) in [6, 6.07) is 0. The predicted molar refractivity (Wildman–Crippen MR) is 15.2 cm³/mol. The van der Waals surface area contributed by atoms with Gasteiger partial charge in [-0.2, -0.15) is 15.6 Å². The fourth-order valence-corrected chi connectivity index (χ4v) is 0. The molecule has 0 spiro atoms. The molecular weight excluding hydrogens is 204 g/mol. The maximum Gasteiger partial charge on any atom is 1.00 e. The minimum Gasteiger partial charge on any atom is -0.822 e. The Kier molecular flexibility index (Phi) is 17.5. The van der Waals surface area contributed by atoms with Gasteiger partial charge in [0.25, 0.3) is 0 Å². The molecule has 0 unspecified atom stereocenters. The van der Waals surface area contributed by atoms with Gasteiger partial charge in [0.05, 0.1) is 0 Å². The summed E-state index contributed by atoms with van der Waals surface area (Å²) in [5, 5.41) is 0. The Hall–Kier alpha value is 1.41. The Morgan fingerprint density at radius 2 is 0.583 bits per heavy atom. The second kappa shape index (κ2) is 8.99. The van der Waals surface area contributed by atoms with Crippen molar-refractivity contribution >= 4 is 15.6 Å². The van der Waals surface area contributed by atoms with E-state index in [0.29, 0.717) is 0 Å². The minimum atomic E-state index is -5.39. The van der Waals surface area contributed by atoms with Crippen molar-refractivity contribution in [3.8, 4) is 0 Å². The van der Waals surface area contributed by atoms with Gasteiger partial charge in [-0.15, -0.1) is 0 Å². The van der Waals surface area contributed by atoms with E-state index >= 15 is 0 Å². The van der Waals surface area contributed by atoms with Crippen LogP contribution < -0.4 is 67.1 Å². The van der Waals surface area contributed by atoms with E-state index in [1.807, 2.05) is 0 Å². The van der Waals surface area contributed by atoms with Crippen LogP contribution in [0.5, 0.6) is 0 Å². The van der Waals surface area contributed by atoms with Gasteiger partial charge >= 0.3 is 37.7 Å². The summed E-state index contributed by atoms with van der Waals surface area (Å²) in [5.41, 5.74) is 0. The Morgan fingerprint density at radius 3 is 0.583 bits per heavy atom. The molecule has 0 rings (SSSR count). The molecule has 0 fully saturated rings. The summed E-state index contributed by atoms with van der Waals surface area (Å²) >= 11 is 0. The van der Waals surface area contributed by atoms with Crippen molar-refractivity contribution in [3.63, 3.8) is 0 Å². The van der Waals surface area contributed by atoms with E-state index in [2.05, 4.69) is 0 Å². The predicted octanol–water partition coefficient (Wildman–Crippen LogP) is -11.6. The van der Waals surface area contributed by atoms with E-state index in [9.17, 15) is 0 Å². The Morgan fingerprint density at radius 1 is 0.583 bits per heavy atom. The molecule has 0 atom stereocenters. The third-order valence-electron chi connectivity index (χ3n) is 0. The largest absolute Gasteiger partial charge is 1.00 e. The van der Waals surface area contributed by atoms with Crippen LogP contribution in [-0.4, -0.2) is 0 Å². The summed E-state index contributed by atoms with van der Waals surface area (Å²) in [4.78, 5) is 51.3. The summed E-state index contributed by atoms with van der Waals surface area (Å²) in [6.45, 7) is 0. The molecule has 0 aromatic rings. The van der Waals surface area contributed by atoms with E-state index in [0.717, 1.165) is 0 Å². The Balaban J connectivity index is -0.0000000457. The van der Waals surface area contributed by atoms with Crippen LogP contribution in [0, 0.1) is 0 Å². The SMILES string of the molecule is O=P([O-])([O-])[O-].O=P([O-])([O-])[O-].[Li+].[Li+]. The molecule has 0 amide bonds. The first-order valence-electron chi connectivity index (χ1n) is 1.46. The number of rotatable bonds is 0. The van der Waals surface area contributed by atoms with Crippen LogP contribution in [0.15, 0.2) is 0 Å². The smallest absolute Gasteiger partial charge is 0.822 e. The Bertz CT molecular complexity index is 127. The van der Waals surface area contributed by atoms with Gasteiger partial charge in [0.15, 0.2) is 0 Å². The van der Waals surface area contributed by atoms with Crippen molar-refractivity contribution in [1.29, 1.82) is 0 Å². The second-order valence-electron chi connectivity index (χ2n) is 0.894. The first-order valence-corrected chi connectivity index (χ1v) is 4.38. The van der Waals surface area contributed by atoms with E-state index < -0.39 is 15.6 Å². The van der Waals surface area contributed by atoms with Crippen molar-refractivity contribution in [2.75, 3.05) is 0 Å². The van der Waals surface area contributed by atoms with Gasteiger partial charge in [0.1, 0.15) is 0 Å². The molecule has 64 valence electrons. The summed E-state index contributed by atoms with van der Waals surface area (Å²) in [5.74, 6) is 0. The van der Waals surface area contributed by atoms with Crippen LogP contribution in [0.25, 0.3) is 0 Å². The Labute approximate surface area is 91.8 Å². The topological polar surface area (TPSA) is 172 Å². The van der Waals surface area contributed by atoms with Crippen molar-refractivity contribution < 1.29 is 76.2 Å². The van der Waals surface area contributed by atoms with Crippen molar-refractivity contribution in [3.05, 3.63) is 0 Å². The van der Waals surface area contributed by atoms with E-state index in [1.165, 1.54) is 0 Å². The molecule has 0 aliphatic rings. The van der Waals surface area contributed by atoms with Crippen molar-refractivity contribution in [2.24, 2.45) is 0 Å². The fraction of sp³-hybridized carbons (Fsp3) is 0. The van der Waals surface area contributed by atoms with Crippen molar-refractivity contribution in [2.45, 2.75) is 0 Å². The average Bonchev–Trinajstić information content (AvgIpc) is 1.12. The van der Waals surface area contributed by atoms with Crippen LogP contribution >= 0.6 is 15.6 Å². The van der Waals surface area contributed by atoms with Crippen molar-refractivity contribution in [1.82, 2.24) is 0 Å². The standard InChI is InChI=1S/2Li.2H3O4P/c;;2*1-5(2,3)4/h;;2*(H3,1,2,3,4)/q2*+1;;/p-6. The van der Waals surface area contributed by atoms with Crippen LogP contribution in [0.1, 0.15) is 0 Å². The monoisotopic (exact) mass is 204 g/mol. The molecule has 0 heterocycles. The van der Waals surface area contributed by atoms with Crippen LogP contribution in [0.2, 0.25) is 0 Å². The molecule has 0 N–H and O–H groups in total. The van der Waals surface area contributed by atoms with E-state index in [-0.39, 0.29) is 37.7 Å². The molecule has 0 radical (unpaired) electrons. The van der Waals surface area contributed by atoms with Gasteiger partial charge in [-0.1, -0.05) is 0 Å². The zero-order valence-corrected chi connectivity index (χ0v) is 7.95. The molecule has 0 bridgehead atoms. The molecule has 8 nitrogen and oxygen atoms in total. The van der Waals surface area contributed by atoms with Gasteiger partial charge in [-0.25, -0.2) is 0 Å².